The van der Waals surface area contributed by atoms with E-state index in [1.54, 1.807) is 12.2 Å². The number of benzene rings is 1. The van der Waals surface area contributed by atoms with Crippen LogP contribution in [0.4, 0.5) is 0 Å². The van der Waals surface area contributed by atoms with Gasteiger partial charge in [0.2, 0.25) is 0 Å². The summed E-state index contributed by atoms with van der Waals surface area (Å²) in [5.41, 5.74) is 8.12. The van der Waals surface area contributed by atoms with Crippen LogP contribution in [-0.4, -0.2) is 29.8 Å². The van der Waals surface area contributed by atoms with Crippen LogP contribution >= 0.6 is 0 Å². The molecule has 0 bridgehead atoms. The number of carbonyl (C=O) groups is 2. The molecule has 0 aliphatic carbocycles. The highest BCUT2D eigenvalue weighted by molar-refractivity contribution is 6.22. The maximum Gasteiger partial charge on any atom is 0.262 e. The molecule has 94 valence electrons. The molecule has 0 saturated heterocycles. The van der Waals surface area contributed by atoms with Gasteiger partial charge in [0.05, 0.1) is 11.1 Å². The molecule has 2 amide bonds. The molecule has 1 aliphatic heterocycles. The molecular formula is C14H16N2O2. The first-order valence-electron chi connectivity index (χ1n) is 5.89. The van der Waals surface area contributed by atoms with Crippen LogP contribution in [0.25, 0.3) is 0 Å². The Kier molecular flexibility index (Phi) is 3.30. The lowest BCUT2D eigenvalue weighted by molar-refractivity contribution is 0.0671. The zero-order valence-corrected chi connectivity index (χ0v) is 10.6. The lowest BCUT2D eigenvalue weighted by Gasteiger charge is -2.10. The molecule has 0 aromatic heterocycles. The van der Waals surface area contributed by atoms with E-state index in [2.05, 4.69) is 0 Å². The summed E-state index contributed by atoms with van der Waals surface area (Å²) in [5.74, 6) is -0.421. The van der Waals surface area contributed by atoms with E-state index >= 15 is 0 Å². The summed E-state index contributed by atoms with van der Waals surface area (Å²) in [7, 11) is 0. The lowest BCUT2D eigenvalue weighted by Crippen LogP contribution is -2.30. The van der Waals surface area contributed by atoms with Crippen molar-refractivity contribution < 1.29 is 9.59 Å². The maximum absolute atomic E-state index is 12.2. The van der Waals surface area contributed by atoms with Crippen LogP contribution in [0, 0.1) is 13.8 Å². The Hall–Kier alpha value is -1.94. The largest absolute Gasteiger partial charge is 0.327 e. The zero-order chi connectivity index (χ0) is 13.3. The molecule has 0 atom stereocenters. The number of nitrogens with zero attached hydrogens (tertiary/aromatic N) is 1. The number of hydrogen-bond acceptors (Lipinski definition) is 3. The highest BCUT2D eigenvalue weighted by Crippen LogP contribution is 2.28. The fraction of sp³-hybridized carbons (Fsp3) is 0.286. The first kappa shape index (κ1) is 12.5. The fourth-order valence-electron chi connectivity index (χ4n) is 2.17. The minimum Gasteiger partial charge on any atom is -0.327 e. The number of carbonyl (C=O) groups excluding carboxylic acids is 2. The monoisotopic (exact) mass is 244 g/mol. The number of fused-ring (bicyclic) bond motifs is 1. The molecule has 1 aromatic rings. The summed E-state index contributed by atoms with van der Waals surface area (Å²) in [6.07, 6.45) is 3.48. The molecule has 1 heterocycles. The van der Waals surface area contributed by atoms with Crippen LogP contribution in [0.2, 0.25) is 0 Å². The van der Waals surface area contributed by atoms with Crippen molar-refractivity contribution in [2.24, 2.45) is 5.73 Å². The number of rotatable bonds is 3. The van der Waals surface area contributed by atoms with Crippen LogP contribution in [0.15, 0.2) is 24.3 Å². The minimum atomic E-state index is -0.210. The zero-order valence-electron chi connectivity index (χ0n) is 10.6. The summed E-state index contributed by atoms with van der Waals surface area (Å²) in [5, 5.41) is 0. The van der Waals surface area contributed by atoms with E-state index in [9.17, 15) is 9.59 Å². The molecule has 18 heavy (non-hydrogen) atoms. The number of hydrogen-bond donors (Lipinski definition) is 1. The topological polar surface area (TPSA) is 63.4 Å². The van der Waals surface area contributed by atoms with Gasteiger partial charge < -0.3 is 5.73 Å². The third-order valence-electron chi connectivity index (χ3n) is 3.13. The summed E-state index contributed by atoms with van der Waals surface area (Å²) in [6.45, 7) is 4.38. The first-order chi connectivity index (χ1) is 8.57. The number of imide groups is 1. The molecular weight excluding hydrogens is 228 g/mol. The Balaban J connectivity index is 2.41. The standard InChI is InChI=1S/C14H16N2O2/c1-9-5-6-10(2)12-11(9)13(17)16(14(12)18)8-4-3-7-15/h3-6H,7-8,15H2,1-2H3/b4-3+. The summed E-state index contributed by atoms with van der Waals surface area (Å²) in [4.78, 5) is 25.7. The van der Waals surface area contributed by atoms with E-state index in [1.807, 2.05) is 26.0 Å². The normalized spacial score (nSPS) is 14.7. The average Bonchev–Trinajstić information content (AvgIpc) is 2.59. The van der Waals surface area contributed by atoms with E-state index in [-0.39, 0.29) is 18.4 Å². The first-order valence-corrected chi connectivity index (χ1v) is 5.89. The molecule has 0 fully saturated rings. The molecule has 0 radical (unpaired) electrons. The quantitative estimate of drug-likeness (QED) is 0.646. The van der Waals surface area contributed by atoms with Crippen molar-refractivity contribution in [1.29, 1.82) is 0 Å². The van der Waals surface area contributed by atoms with Gasteiger partial charge in [0.25, 0.3) is 11.8 Å². The van der Waals surface area contributed by atoms with Crippen molar-refractivity contribution in [3.63, 3.8) is 0 Å². The van der Waals surface area contributed by atoms with Gasteiger partial charge in [-0.3, -0.25) is 14.5 Å². The van der Waals surface area contributed by atoms with Gasteiger partial charge in [-0.2, -0.15) is 0 Å². The maximum atomic E-state index is 12.2. The summed E-state index contributed by atoms with van der Waals surface area (Å²) < 4.78 is 0. The Morgan fingerprint density at radius 1 is 1.06 bits per heavy atom. The van der Waals surface area contributed by atoms with Crippen molar-refractivity contribution in [1.82, 2.24) is 4.90 Å². The van der Waals surface area contributed by atoms with Crippen LogP contribution in [0.1, 0.15) is 31.8 Å². The Bertz CT molecular complexity index is 506. The molecule has 0 saturated carbocycles. The average molecular weight is 244 g/mol. The Labute approximate surface area is 106 Å². The second kappa shape index (κ2) is 4.74. The molecule has 4 heteroatoms. The molecule has 2 rings (SSSR count). The van der Waals surface area contributed by atoms with Crippen molar-refractivity contribution in [2.75, 3.05) is 13.1 Å². The minimum absolute atomic E-state index is 0.210. The summed E-state index contributed by atoms with van der Waals surface area (Å²) >= 11 is 0. The van der Waals surface area contributed by atoms with Crippen molar-refractivity contribution in [3.05, 3.63) is 46.5 Å². The second-order valence-electron chi connectivity index (χ2n) is 4.38. The number of aryl methyl sites for hydroxylation is 2. The van der Waals surface area contributed by atoms with E-state index < -0.39 is 0 Å². The summed E-state index contributed by atoms with van der Waals surface area (Å²) in [6, 6.07) is 3.75. The van der Waals surface area contributed by atoms with Crippen LogP contribution in [-0.2, 0) is 0 Å². The van der Waals surface area contributed by atoms with Crippen molar-refractivity contribution >= 4 is 11.8 Å². The molecule has 0 spiro atoms. The SMILES string of the molecule is Cc1ccc(C)c2c1C(=O)N(C/C=C/CN)C2=O. The van der Waals surface area contributed by atoms with Gasteiger partial charge in [0.15, 0.2) is 0 Å². The number of amides is 2. The van der Waals surface area contributed by atoms with E-state index in [4.69, 9.17) is 5.73 Å². The molecule has 2 N–H and O–H groups in total. The van der Waals surface area contributed by atoms with Gasteiger partial charge in [-0.15, -0.1) is 0 Å². The van der Waals surface area contributed by atoms with Crippen LogP contribution < -0.4 is 5.73 Å². The number of nitrogens with two attached hydrogens (primary N) is 1. The fourth-order valence-corrected chi connectivity index (χ4v) is 2.17. The van der Waals surface area contributed by atoms with Crippen molar-refractivity contribution in [2.45, 2.75) is 13.8 Å². The lowest BCUT2D eigenvalue weighted by atomic mass is 9.99. The van der Waals surface area contributed by atoms with Gasteiger partial charge in [0, 0.05) is 13.1 Å². The highest BCUT2D eigenvalue weighted by Gasteiger charge is 2.36. The molecule has 1 aromatic carbocycles. The van der Waals surface area contributed by atoms with Gasteiger partial charge >= 0.3 is 0 Å². The van der Waals surface area contributed by atoms with E-state index in [1.165, 1.54) is 4.90 Å². The predicted molar refractivity (Wildman–Crippen MR) is 69.5 cm³/mol. The van der Waals surface area contributed by atoms with Gasteiger partial charge in [0.1, 0.15) is 0 Å². The van der Waals surface area contributed by atoms with Gasteiger partial charge in [-0.25, -0.2) is 0 Å². The second-order valence-corrected chi connectivity index (χ2v) is 4.38. The van der Waals surface area contributed by atoms with Crippen LogP contribution in [0.5, 0.6) is 0 Å². The van der Waals surface area contributed by atoms with E-state index in [0.717, 1.165) is 11.1 Å². The Morgan fingerprint density at radius 2 is 1.56 bits per heavy atom. The predicted octanol–water partition coefficient (Wildman–Crippen LogP) is 1.41. The van der Waals surface area contributed by atoms with Gasteiger partial charge in [-0.05, 0) is 25.0 Å². The molecule has 1 aliphatic rings. The smallest absolute Gasteiger partial charge is 0.262 e. The van der Waals surface area contributed by atoms with Gasteiger partial charge in [-0.1, -0.05) is 24.3 Å². The third kappa shape index (κ3) is 1.84. The molecule has 4 nitrogen and oxygen atoms in total. The van der Waals surface area contributed by atoms with E-state index in [0.29, 0.717) is 17.7 Å². The molecule has 0 unspecified atom stereocenters. The van der Waals surface area contributed by atoms with Crippen molar-refractivity contribution in [3.8, 4) is 0 Å². The third-order valence-corrected chi connectivity index (χ3v) is 3.13. The highest BCUT2D eigenvalue weighted by atomic mass is 16.2. The Morgan fingerprint density at radius 3 is 2.00 bits per heavy atom. The van der Waals surface area contributed by atoms with Crippen LogP contribution in [0.3, 0.4) is 0 Å².